The van der Waals surface area contributed by atoms with Crippen molar-refractivity contribution >= 4 is 11.6 Å². The summed E-state index contributed by atoms with van der Waals surface area (Å²) < 4.78 is 0. The molecule has 2 aliphatic rings. The molecule has 2 atom stereocenters. The lowest BCUT2D eigenvalue weighted by Crippen LogP contribution is -2.56. The number of hydrogen-bond donors (Lipinski definition) is 0. The fourth-order valence-corrected chi connectivity index (χ4v) is 4.14. The summed E-state index contributed by atoms with van der Waals surface area (Å²) in [6.45, 7) is 11.0. The molecule has 2 saturated heterocycles. The minimum Gasteiger partial charge on any atom is -0.371 e. The molecule has 1 aromatic carbocycles. The van der Waals surface area contributed by atoms with Crippen molar-refractivity contribution in [3.8, 4) is 6.07 Å². The van der Waals surface area contributed by atoms with Crippen LogP contribution in [0.5, 0.6) is 0 Å². The van der Waals surface area contributed by atoms with Gasteiger partial charge in [0.2, 0.25) is 5.91 Å². The predicted molar refractivity (Wildman–Crippen MR) is 99.4 cm³/mol. The van der Waals surface area contributed by atoms with E-state index < -0.39 is 0 Å². The molecule has 25 heavy (non-hydrogen) atoms. The lowest BCUT2D eigenvalue weighted by Gasteiger charge is -2.42. The van der Waals surface area contributed by atoms with Crippen molar-refractivity contribution in [1.29, 1.82) is 5.26 Å². The minimum atomic E-state index is 0.0912. The summed E-state index contributed by atoms with van der Waals surface area (Å²) in [5, 5.41) is 8.91. The molecule has 0 bridgehead atoms. The monoisotopic (exact) mass is 340 g/mol. The lowest BCUT2D eigenvalue weighted by atomic mass is 10.0. The lowest BCUT2D eigenvalue weighted by molar-refractivity contribution is -0.138. The zero-order valence-corrected chi connectivity index (χ0v) is 15.5. The number of piperazine rings is 1. The molecule has 0 aromatic heterocycles. The average Bonchev–Trinajstić information content (AvgIpc) is 3.10. The van der Waals surface area contributed by atoms with Crippen molar-refractivity contribution < 1.29 is 4.79 Å². The van der Waals surface area contributed by atoms with Crippen LogP contribution in [0.2, 0.25) is 0 Å². The van der Waals surface area contributed by atoms with Crippen LogP contribution >= 0.6 is 0 Å². The largest absolute Gasteiger partial charge is 0.371 e. The number of carbonyl (C=O) groups excluding carboxylic acids is 1. The molecule has 2 aliphatic heterocycles. The van der Waals surface area contributed by atoms with E-state index in [1.165, 1.54) is 0 Å². The van der Waals surface area contributed by atoms with Gasteiger partial charge in [0.25, 0.3) is 0 Å². The number of rotatable bonds is 3. The van der Waals surface area contributed by atoms with Crippen molar-refractivity contribution in [2.45, 2.75) is 39.3 Å². The van der Waals surface area contributed by atoms with Gasteiger partial charge in [-0.2, -0.15) is 5.26 Å². The van der Waals surface area contributed by atoms with E-state index in [9.17, 15) is 4.79 Å². The molecule has 0 spiro atoms. The van der Waals surface area contributed by atoms with Gasteiger partial charge in [-0.15, -0.1) is 0 Å². The van der Waals surface area contributed by atoms with Gasteiger partial charge in [0.05, 0.1) is 17.6 Å². The highest BCUT2D eigenvalue weighted by molar-refractivity contribution is 5.80. The third kappa shape index (κ3) is 3.80. The summed E-state index contributed by atoms with van der Waals surface area (Å²) in [4.78, 5) is 19.7. The molecular formula is C20H28N4O. The summed E-state index contributed by atoms with van der Waals surface area (Å²) in [7, 11) is 0. The van der Waals surface area contributed by atoms with Crippen LogP contribution in [0.3, 0.4) is 0 Å². The van der Waals surface area contributed by atoms with E-state index >= 15 is 0 Å². The van der Waals surface area contributed by atoms with Gasteiger partial charge in [0.1, 0.15) is 0 Å². The van der Waals surface area contributed by atoms with Crippen LogP contribution in [0.1, 0.15) is 32.8 Å². The zero-order chi connectivity index (χ0) is 18.0. The number of benzene rings is 1. The first-order chi connectivity index (χ1) is 12.0. The molecule has 0 N–H and O–H groups in total. The Morgan fingerprint density at radius 2 is 1.88 bits per heavy atom. The number of anilines is 1. The highest BCUT2D eigenvalue weighted by Crippen LogP contribution is 2.26. The second-order valence-electron chi connectivity index (χ2n) is 7.56. The first-order valence-corrected chi connectivity index (χ1v) is 9.29. The van der Waals surface area contributed by atoms with Gasteiger partial charge in [0.15, 0.2) is 0 Å². The molecule has 134 valence electrons. The van der Waals surface area contributed by atoms with Gasteiger partial charge in [-0.05, 0) is 51.5 Å². The second-order valence-corrected chi connectivity index (χ2v) is 7.56. The molecule has 5 nitrogen and oxygen atoms in total. The molecular weight excluding hydrogens is 312 g/mol. The quantitative estimate of drug-likeness (QED) is 0.847. The Balaban J connectivity index is 1.58. The highest BCUT2D eigenvalue weighted by atomic mass is 16.2. The molecule has 2 heterocycles. The molecule has 0 radical (unpaired) electrons. The normalized spacial score (nSPS) is 24.6. The third-order valence-electron chi connectivity index (χ3n) is 5.55. The Hall–Kier alpha value is -2.06. The van der Waals surface area contributed by atoms with Crippen molar-refractivity contribution in [1.82, 2.24) is 9.80 Å². The summed E-state index contributed by atoms with van der Waals surface area (Å²) >= 11 is 0. The fraction of sp³-hybridized carbons (Fsp3) is 0.600. The van der Waals surface area contributed by atoms with E-state index in [1.54, 1.807) is 0 Å². The molecule has 2 unspecified atom stereocenters. The summed E-state index contributed by atoms with van der Waals surface area (Å²) in [6.07, 6.45) is 0.914. The molecule has 5 heteroatoms. The Bertz CT molecular complexity index is 649. The molecule has 2 fully saturated rings. The summed E-state index contributed by atoms with van der Waals surface area (Å²) in [5.74, 6) is 0.403. The van der Waals surface area contributed by atoms with Crippen LogP contribution in [0.15, 0.2) is 24.3 Å². The maximum Gasteiger partial charge on any atom is 0.227 e. The van der Waals surface area contributed by atoms with E-state index in [1.807, 2.05) is 24.3 Å². The van der Waals surface area contributed by atoms with Crippen LogP contribution in [0.25, 0.3) is 0 Å². The first kappa shape index (κ1) is 17.8. The highest BCUT2D eigenvalue weighted by Gasteiger charge is 2.35. The first-order valence-electron chi connectivity index (χ1n) is 9.29. The SMILES string of the molecule is CC(C)N1CCN(C(=O)C2CCN(c3ccc(C#N)cc3)C2)CC1C. The van der Waals surface area contributed by atoms with E-state index in [2.05, 4.69) is 41.5 Å². The standard InChI is InChI=1S/C20H28N4O/c1-15(2)24-11-10-23(13-16(24)3)20(25)18-8-9-22(14-18)19-6-4-17(12-21)5-7-19/h4-7,15-16,18H,8-11,13-14H2,1-3H3. The van der Waals surface area contributed by atoms with E-state index in [0.717, 1.165) is 44.8 Å². The van der Waals surface area contributed by atoms with E-state index in [0.29, 0.717) is 23.6 Å². The van der Waals surface area contributed by atoms with Crippen molar-refractivity contribution in [2.75, 3.05) is 37.6 Å². The zero-order valence-electron chi connectivity index (χ0n) is 15.5. The number of amides is 1. The van der Waals surface area contributed by atoms with Gasteiger partial charge >= 0.3 is 0 Å². The minimum absolute atomic E-state index is 0.0912. The second kappa shape index (κ2) is 7.45. The van der Waals surface area contributed by atoms with Crippen LogP contribution in [0, 0.1) is 17.2 Å². The van der Waals surface area contributed by atoms with Crippen LogP contribution < -0.4 is 4.90 Å². The van der Waals surface area contributed by atoms with E-state index in [4.69, 9.17) is 5.26 Å². The van der Waals surface area contributed by atoms with E-state index in [-0.39, 0.29) is 5.92 Å². The van der Waals surface area contributed by atoms with Crippen molar-refractivity contribution in [3.63, 3.8) is 0 Å². The number of nitriles is 1. The van der Waals surface area contributed by atoms with Crippen LogP contribution in [0.4, 0.5) is 5.69 Å². The molecule has 3 rings (SSSR count). The number of hydrogen-bond acceptors (Lipinski definition) is 4. The van der Waals surface area contributed by atoms with Crippen LogP contribution in [-0.2, 0) is 4.79 Å². The maximum absolute atomic E-state index is 12.9. The topological polar surface area (TPSA) is 50.6 Å². The summed E-state index contributed by atoms with van der Waals surface area (Å²) in [5.41, 5.74) is 1.78. The Labute approximate surface area is 150 Å². The van der Waals surface area contributed by atoms with Crippen LogP contribution in [-0.4, -0.2) is 60.5 Å². The average molecular weight is 340 g/mol. The van der Waals surface area contributed by atoms with Gasteiger partial charge in [-0.1, -0.05) is 0 Å². The third-order valence-corrected chi connectivity index (χ3v) is 5.55. The fourth-order valence-electron chi connectivity index (χ4n) is 4.14. The van der Waals surface area contributed by atoms with Crippen molar-refractivity contribution in [2.24, 2.45) is 5.92 Å². The van der Waals surface area contributed by atoms with Gasteiger partial charge in [-0.25, -0.2) is 0 Å². The predicted octanol–water partition coefficient (Wildman–Crippen LogP) is 2.33. The number of nitrogens with zero attached hydrogens (tertiary/aromatic N) is 4. The molecule has 1 amide bonds. The molecule has 0 aliphatic carbocycles. The smallest absolute Gasteiger partial charge is 0.227 e. The van der Waals surface area contributed by atoms with Gasteiger partial charge in [-0.3, -0.25) is 9.69 Å². The van der Waals surface area contributed by atoms with Gasteiger partial charge in [0, 0.05) is 50.5 Å². The Morgan fingerprint density at radius 3 is 2.48 bits per heavy atom. The number of carbonyl (C=O) groups is 1. The summed E-state index contributed by atoms with van der Waals surface area (Å²) in [6, 6.07) is 10.8. The molecule has 0 saturated carbocycles. The molecule has 1 aromatic rings. The van der Waals surface area contributed by atoms with Gasteiger partial charge < -0.3 is 9.80 Å². The maximum atomic E-state index is 12.9. The Kier molecular flexibility index (Phi) is 5.29. The Morgan fingerprint density at radius 1 is 1.16 bits per heavy atom. The van der Waals surface area contributed by atoms with Crippen molar-refractivity contribution in [3.05, 3.63) is 29.8 Å².